The number of furan rings is 1. The van der Waals surface area contributed by atoms with Crippen molar-refractivity contribution in [3.8, 4) is 55.6 Å². The van der Waals surface area contributed by atoms with Crippen LogP contribution in [0.15, 0.2) is 308 Å². The lowest BCUT2D eigenvalue weighted by Gasteiger charge is -2.31. The van der Waals surface area contributed by atoms with E-state index in [-0.39, 0.29) is 0 Å². The van der Waals surface area contributed by atoms with Gasteiger partial charge >= 0.3 is 0 Å². The number of para-hydroxylation sites is 1. The van der Waals surface area contributed by atoms with Crippen LogP contribution in [0.25, 0.3) is 99.1 Å². The van der Waals surface area contributed by atoms with Crippen LogP contribution in [0.1, 0.15) is 0 Å². The Morgan fingerprint density at radius 2 is 0.597 bits per heavy atom. The summed E-state index contributed by atoms with van der Waals surface area (Å²) in [5.41, 5.74) is 19.5. The Balaban J connectivity index is 1.01. The molecule has 0 bridgehead atoms. The van der Waals surface area contributed by atoms with Gasteiger partial charge in [-0.2, -0.15) is 0 Å². The molecule has 0 aliphatic carbocycles. The molecule has 1 aromatic heterocycles. The summed E-state index contributed by atoms with van der Waals surface area (Å²) in [6.07, 6.45) is 0. The lowest BCUT2D eigenvalue weighted by Crippen LogP contribution is -2.14. The zero-order valence-corrected chi connectivity index (χ0v) is 42.2. The van der Waals surface area contributed by atoms with E-state index in [2.05, 4.69) is 307 Å². The summed E-state index contributed by atoms with van der Waals surface area (Å²) in [6, 6.07) is 110. The maximum Gasteiger partial charge on any atom is 0.135 e. The summed E-state index contributed by atoms with van der Waals surface area (Å²) in [6.45, 7) is 0. The molecule has 0 fully saturated rings. The van der Waals surface area contributed by atoms with Gasteiger partial charge in [0.2, 0.25) is 0 Å². The molecule has 0 aliphatic heterocycles. The van der Waals surface area contributed by atoms with E-state index >= 15 is 0 Å². The average Bonchev–Trinajstić information content (AvgIpc) is 3.88. The standard InChI is InChI=1S/C74H50N2O/c1-4-17-51(18-5-1)54-31-37-61(38-32-54)75(62-39-33-55(34-40-62)52-19-6-2-7-20-52)65-46-60(71-48-59-23-10-11-26-67(59)68-27-12-13-28-69(68)71)47-66(49-65)76(64-43-44-74-72(50-64)70-29-14-15-30-73(70)77-74)63-41-35-56(36-42-63)58-25-16-24-57(45-58)53-21-8-3-9-22-53/h1-50H. The van der Waals surface area contributed by atoms with Crippen LogP contribution >= 0.6 is 0 Å². The highest BCUT2D eigenvalue weighted by atomic mass is 16.3. The van der Waals surface area contributed by atoms with Crippen molar-refractivity contribution in [2.45, 2.75) is 0 Å². The summed E-state index contributed by atoms with van der Waals surface area (Å²) in [4.78, 5) is 4.82. The zero-order valence-electron chi connectivity index (χ0n) is 42.2. The Morgan fingerprint density at radius 3 is 1.17 bits per heavy atom. The summed E-state index contributed by atoms with van der Waals surface area (Å²) >= 11 is 0. The highest BCUT2D eigenvalue weighted by Gasteiger charge is 2.22. The predicted molar refractivity (Wildman–Crippen MR) is 325 cm³/mol. The molecule has 0 aliphatic rings. The van der Waals surface area contributed by atoms with Crippen LogP contribution in [0, 0.1) is 0 Å². The van der Waals surface area contributed by atoms with E-state index in [1.165, 1.54) is 43.8 Å². The van der Waals surface area contributed by atoms with Gasteiger partial charge in [0.15, 0.2) is 0 Å². The van der Waals surface area contributed by atoms with Gasteiger partial charge in [-0.05, 0) is 168 Å². The average molecular weight is 983 g/mol. The SMILES string of the molecule is c1ccc(-c2ccc(N(c3ccc(-c4ccccc4)cc3)c3cc(-c4cc5ccccc5c5ccccc45)cc(N(c4ccc(-c5cccc(-c6ccccc6)c5)cc4)c4ccc5oc6ccccc6c5c4)c3)cc2)cc1. The minimum absolute atomic E-state index is 0.852. The topological polar surface area (TPSA) is 19.6 Å². The largest absolute Gasteiger partial charge is 0.456 e. The monoisotopic (exact) mass is 982 g/mol. The normalized spacial score (nSPS) is 11.4. The third-order valence-electron chi connectivity index (χ3n) is 15.0. The first-order valence-electron chi connectivity index (χ1n) is 26.3. The molecule has 3 heteroatoms. The van der Waals surface area contributed by atoms with Gasteiger partial charge in [0, 0.05) is 44.9 Å². The number of benzene rings is 13. The van der Waals surface area contributed by atoms with Gasteiger partial charge in [-0.15, -0.1) is 0 Å². The molecule has 14 aromatic rings. The van der Waals surface area contributed by atoms with E-state index in [1.54, 1.807) is 0 Å². The fourth-order valence-electron chi connectivity index (χ4n) is 11.2. The quantitative estimate of drug-likeness (QED) is 0.120. The van der Waals surface area contributed by atoms with Crippen molar-refractivity contribution >= 4 is 77.6 Å². The second-order valence-corrected chi connectivity index (χ2v) is 19.7. The number of rotatable bonds is 11. The molecule has 14 rings (SSSR count). The van der Waals surface area contributed by atoms with E-state index in [0.29, 0.717) is 0 Å². The van der Waals surface area contributed by atoms with Crippen molar-refractivity contribution in [1.82, 2.24) is 0 Å². The van der Waals surface area contributed by atoms with E-state index in [9.17, 15) is 0 Å². The first kappa shape index (κ1) is 45.4. The molecule has 3 nitrogen and oxygen atoms in total. The van der Waals surface area contributed by atoms with Crippen LogP contribution in [0.5, 0.6) is 0 Å². The van der Waals surface area contributed by atoms with Gasteiger partial charge in [-0.3, -0.25) is 0 Å². The Labute approximate surface area is 448 Å². The maximum atomic E-state index is 6.45. The highest BCUT2D eigenvalue weighted by Crippen LogP contribution is 2.47. The number of anilines is 6. The fourth-order valence-corrected chi connectivity index (χ4v) is 11.2. The highest BCUT2D eigenvalue weighted by molar-refractivity contribution is 6.14. The second kappa shape index (κ2) is 19.6. The summed E-state index contributed by atoms with van der Waals surface area (Å²) in [5, 5.41) is 6.99. The van der Waals surface area contributed by atoms with E-state index in [0.717, 1.165) is 89.4 Å². The Bertz CT molecular complexity index is 4330. The van der Waals surface area contributed by atoms with Gasteiger partial charge in [-0.1, -0.05) is 212 Å². The number of fused-ring (bicyclic) bond motifs is 6. The van der Waals surface area contributed by atoms with E-state index in [4.69, 9.17) is 4.42 Å². The minimum Gasteiger partial charge on any atom is -0.456 e. The summed E-state index contributed by atoms with van der Waals surface area (Å²) in [7, 11) is 0. The van der Waals surface area contributed by atoms with Crippen molar-refractivity contribution < 1.29 is 4.42 Å². The molecule has 0 spiro atoms. The molecule has 77 heavy (non-hydrogen) atoms. The molecule has 0 unspecified atom stereocenters. The fraction of sp³-hybridized carbons (Fsp3) is 0. The maximum absolute atomic E-state index is 6.45. The Kier molecular flexibility index (Phi) is 11.5. The molecular formula is C74H50N2O. The molecule has 0 atom stereocenters. The molecule has 13 aromatic carbocycles. The summed E-state index contributed by atoms with van der Waals surface area (Å²) < 4.78 is 6.45. The minimum atomic E-state index is 0.852. The van der Waals surface area contributed by atoms with Crippen molar-refractivity contribution in [1.29, 1.82) is 0 Å². The van der Waals surface area contributed by atoms with E-state index in [1.807, 2.05) is 6.07 Å². The van der Waals surface area contributed by atoms with Crippen LogP contribution in [0.3, 0.4) is 0 Å². The third-order valence-corrected chi connectivity index (χ3v) is 15.0. The molecule has 0 radical (unpaired) electrons. The zero-order chi connectivity index (χ0) is 51.1. The van der Waals surface area contributed by atoms with Gasteiger partial charge in [-0.25, -0.2) is 0 Å². The first-order valence-corrected chi connectivity index (χ1v) is 26.3. The number of hydrogen-bond acceptors (Lipinski definition) is 3. The van der Waals surface area contributed by atoms with Crippen LogP contribution in [-0.2, 0) is 0 Å². The predicted octanol–water partition coefficient (Wildman–Crippen LogP) is 21.2. The van der Waals surface area contributed by atoms with Gasteiger partial charge in [0.25, 0.3) is 0 Å². The molecule has 0 saturated heterocycles. The van der Waals surface area contributed by atoms with Crippen molar-refractivity contribution in [2.24, 2.45) is 0 Å². The lowest BCUT2D eigenvalue weighted by molar-refractivity contribution is 0.669. The van der Waals surface area contributed by atoms with Crippen molar-refractivity contribution in [3.63, 3.8) is 0 Å². The third kappa shape index (κ3) is 8.66. The number of nitrogens with zero attached hydrogens (tertiary/aromatic N) is 2. The van der Waals surface area contributed by atoms with Crippen molar-refractivity contribution in [2.75, 3.05) is 9.80 Å². The lowest BCUT2D eigenvalue weighted by atomic mass is 9.92. The van der Waals surface area contributed by atoms with Crippen LogP contribution in [0.4, 0.5) is 34.1 Å². The molecule has 0 amide bonds. The molecule has 0 N–H and O–H groups in total. The Hall–Kier alpha value is -10.2. The number of hydrogen-bond donors (Lipinski definition) is 0. The molecule has 1 heterocycles. The Morgan fingerprint density at radius 1 is 0.195 bits per heavy atom. The van der Waals surface area contributed by atoms with Crippen molar-refractivity contribution in [3.05, 3.63) is 303 Å². The molecule has 0 saturated carbocycles. The molecular weight excluding hydrogens is 933 g/mol. The summed E-state index contributed by atoms with van der Waals surface area (Å²) in [5.74, 6) is 0. The van der Waals surface area contributed by atoms with E-state index < -0.39 is 0 Å². The smallest absolute Gasteiger partial charge is 0.135 e. The van der Waals surface area contributed by atoms with Crippen LogP contribution in [-0.4, -0.2) is 0 Å². The second-order valence-electron chi connectivity index (χ2n) is 19.7. The van der Waals surface area contributed by atoms with Gasteiger partial charge < -0.3 is 14.2 Å². The van der Waals surface area contributed by atoms with Gasteiger partial charge in [0.1, 0.15) is 11.2 Å². The van der Waals surface area contributed by atoms with Crippen LogP contribution < -0.4 is 9.80 Å². The first-order chi connectivity index (χ1) is 38.1. The molecule has 362 valence electrons. The van der Waals surface area contributed by atoms with Gasteiger partial charge in [0.05, 0.1) is 0 Å². The van der Waals surface area contributed by atoms with Crippen LogP contribution in [0.2, 0.25) is 0 Å².